The van der Waals surface area contributed by atoms with Crippen molar-refractivity contribution in [3.63, 3.8) is 0 Å². The first-order valence-corrected chi connectivity index (χ1v) is 9.36. The normalized spacial score (nSPS) is 39.4. The highest BCUT2D eigenvalue weighted by atomic mass is 32.2. The molecule has 1 saturated carbocycles. The average molecular weight is 288 g/mol. The Hall–Kier alpha value is -0.130. The Balaban J connectivity index is 2.20. The Bertz CT molecular complexity index is 410. The highest BCUT2D eigenvalue weighted by Gasteiger charge is 2.44. The van der Waals surface area contributed by atoms with E-state index in [1.807, 2.05) is 0 Å². The molecule has 2 rings (SSSR count). The Morgan fingerprint density at radius 2 is 1.95 bits per heavy atom. The summed E-state index contributed by atoms with van der Waals surface area (Å²) >= 11 is 0. The molecule has 19 heavy (non-hydrogen) atoms. The second-order valence-corrected chi connectivity index (χ2v) is 8.75. The van der Waals surface area contributed by atoms with E-state index in [2.05, 4.69) is 18.9 Å². The van der Waals surface area contributed by atoms with Gasteiger partial charge in [-0.15, -0.1) is 0 Å². The van der Waals surface area contributed by atoms with Gasteiger partial charge >= 0.3 is 0 Å². The molecule has 0 aromatic heterocycles. The third-order valence-electron chi connectivity index (χ3n) is 5.28. The van der Waals surface area contributed by atoms with Gasteiger partial charge in [0, 0.05) is 18.1 Å². The minimum Gasteiger partial charge on any atom is -0.329 e. The van der Waals surface area contributed by atoms with Crippen LogP contribution >= 0.6 is 0 Å². The summed E-state index contributed by atoms with van der Waals surface area (Å²) in [5, 5.41) is 0. The third kappa shape index (κ3) is 3.14. The zero-order valence-electron chi connectivity index (χ0n) is 12.3. The van der Waals surface area contributed by atoms with Crippen molar-refractivity contribution < 1.29 is 8.42 Å². The minimum atomic E-state index is -2.93. The van der Waals surface area contributed by atoms with E-state index in [4.69, 9.17) is 5.73 Å². The summed E-state index contributed by atoms with van der Waals surface area (Å²) in [6, 6.07) is 0.491. The van der Waals surface area contributed by atoms with Crippen LogP contribution in [0.1, 0.15) is 45.4 Å². The Morgan fingerprint density at radius 3 is 2.53 bits per heavy atom. The fourth-order valence-electron chi connectivity index (χ4n) is 3.98. The van der Waals surface area contributed by atoms with Gasteiger partial charge in [0.25, 0.3) is 0 Å². The fourth-order valence-corrected chi connectivity index (χ4v) is 5.99. The molecule has 2 N–H and O–H groups in total. The second kappa shape index (κ2) is 5.70. The summed E-state index contributed by atoms with van der Waals surface area (Å²) < 4.78 is 24.0. The average Bonchev–Trinajstić information content (AvgIpc) is 2.37. The zero-order chi connectivity index (χ0) is 14.1. The quantitative estimate of drug-likeness (QED) is 0.853. The lowest BCUT2D eigenvalue weighted by atomic mass is 9.81. The van der Waals surface area contributed by atoms with Gasteiger partial charge in [0.1, 0.15) is 0 Å². The van der Waals surface area contributed by atoms with Crippen molar-refractivity contribution in [3.05, 3.63) is 0 Å². The van der Waals surface area contributed by atoms with Crippen LogP contribution in [0.3, 0.4) is 0 Å². The van der Waals surface area contributed by atoms with Crippen LogP contribution in [0.15, 0.2) is 0 Å². The largest absolute Gasteiger partial charge is 0.329 e. The van der Waals surface area contributed by atoms with Crippen LogP contribution in [0.5, 0.6) is 0 Å². The van der Waals surface area contributed by atoms with Crippen LogP contribution in [0.25, 0.3) is 0 Å². The monoisotopic (exact) mass is 288 g/mol. The first kappa shape index (κ1) is 15.3. The molecule has 3 unspecified atom stereocenters. The van der Waals surface area contributed by atoms with E-state index < -0.39 is 9.84 Å². The Morgan fingerprint density at radius 1 is 1.26 bits per heavy atom. The van der Waals surface area contributed by atoms with Crippen molar-refractivity contribution in [2.45, 2.75) is 57.0 Å². The predicted octanol–water partition coefficient (Wildman–Crippen LogP) is 1.40. The summed E-state index contributed by atoms with van der Waals surface area (Å²) in [4.78, 5) is 2.33. The maximum atomic E-state index is 12.0. The molecule has 2 fully saturated rings. The van der Waals surface area contributed by atoms with Gasteiger partial charge in [-0.2, -0.15) is 0 Å². The number of nitrogens with two attached hydrogens (primary N) is 1. The molecule has 1 aliphatic heterocycles. The van der Waals surface area contributed by atoms with Crippen molar-refractivity contribution in [3.8, 4) is 0 Å². The van der Waals surface area contributed by atoms with Crippen molar-refractivity contribution in [1.82, 2.24) is 4.90 Å². The second-order valence-electron chi connectivity index (χ2n) is 6.56. The van der Waals surface area contributed by atoms with E-state index in [0.717, 1.165) is 12.8 Å². The van der Waals surface area contributed by atoms with E-state index in [1.54, 1.807) is 0 Å². The smallest absolute Gasteiger partial charge is 0.152 e. The van der Waals surface area contributed by atoms with Gasteiger partial charge in [0.05, 0.1) is 11.5 Å². The molecule has 112 valence electrons. The van der Waals surface area contributed by atoms with E-state index in [0.29, 0.717) is 24.3 Å². The SMILES string of the molecule is CC1CCCCC1N(C)C1(CN)CCCS(=O)(=O)C1. The molecule has 1 saturated heterocycles. The summed E-state index contributed by atoms with van der Waals surface area (Å²) in [7, 11) is -0.828. The molecule has 3 atom stereocenters. The number of rotatable bonds is 3. The standard InChI is InChI=1S/C14H28N2O2S/c1-12-6-3-4-7-13(12)16(2)14(10-15)8-5-9-19(17,18)11-14/h12-13H,3-11,15H2,1-2H3. The van der Waals surface area contributed by atoms with Gasteiger partial charge in [-0.1, -0.05) is 19.8 Å². The highest BCUT2D eigenvalue weighted by molar-refractivity contribution is 7.91. The number of sulfone groups is 1. The lowest BCUT2D eigenvalue weighted by Crippen LogP contribution is -2.62. The molecule has 0 radical (unpaired) electrons. The molecule has 0 aromatic carbocycles. The summed E-state index contributed by atoms with van der Waals surface area (Å²) in [5.41, 5.74) is 5.68. The molecule has 0 amide bonds. The summed E-state index contributed by atoms with van der Waals surface area (Å²) in [6.45, 7) is 2.74. The van der Waals surface area contributed by atoms with Crippen LogP contribution in [0, 0.1) is 5.92 Å². The summed E-state index contributed by atoms with van der Waals surface area (Å²) in [5.74, 6) is 1.23. The molecule has 2 aliphatic rings. The van der Waals surface area contributed by atoms with Crippen molar-refractivity contribution >= 4 is 9.84 Å². The number of hydrogen-bond acceptors (Lipinski definition) is 4. The number of likely N-dealkylation sites (N-methyl/N-ethyl adjacent to an activating group) is 1. The third-order valence-corrected chi connectivity index (χ3v) is 7.17. The van der Waals surface area contributed by atoms with Crippen LogP contribution in [-0.2, 0) is 9.84 Å². The molecule has 0 aromatic rings. The van der Waals surface area contributed by atoms with Crippen molar-refractivity contribution in [2.75, 3.05) is 25.1 Å². The topological polar surface area (TPSA) is 63.4 Å². The Kier molecular flexibility index (Phi) is 4.58. The maximum absolute atomic E-state index is 12.0. The summed E-state index contributed by atoms with van der Waals surface area (Å²) in [6.07, 6.45) is 6.67. The Labute approximate surface area is 117 Å². The van der Waals surface area contributed by atoms with Crippen molar-refractivity contribution in [2.24, 2.45) is 11.7 Å². The molecular formula is C14H28N2O2S. The van der Waals surface area contributed by atoms with Gasteiger partial charge in [0.15, 0.2) is 9.84 Å². The maximum Gasteiger partial charge on any atom is 0.152 e. The number of nitrogens with zero attached hydrogens (tertiary/aromatic N) is 1. The van der Waals surface area contributed by atoms with Crippen LogP contribution in [0.4, 0.5) is 0 Å². The predicted molar refractivity (Wildman–Crippen MR) is 78.9 cm³/mol. The molecular weight excluding hydrogens is 260 g/mol. The lowest BCUT2D eigenvalue weighted by molar-refractivity contribution is 0.0363. The lowest BCUT2D eigenvalue weighted by Gasteiger charge is -2.50. The fraction of sp³-hybridized carbons (Fsp3) is 1.00. The van der Waals surface area contributed by atoms with Gasteiger partial charge in [0.2, 0.25) is 0 Å². The molecule has 4 nitrogen and oxygen atoms in total. The molecule has 0 bridgehead atoms. The van der Waals surface area contributed by atoms with E-state index in [-0.39, 0.29) is 11.3 Å². The minimum absolute atomic E-state index is 0.246. The highest BCUT2D eigenvalue weighted by Crippen LogP contribution is 2.35. The first-order valence-electron chi connectivity index (χ1n) is 7.54. The van der Waals surface area contributed by atoms with Crippen molar-refractivity contribution in [1.29, 1.82) is 0 Å². The van der Waals surface area contributed by atoms with Crippen LogP contribution in [-0.4, -0.2) is 50.0 Å². The molecule has 1 aliphatic carbocycles. The number of hydrogen-bond donors (Lipinski definition) is 1. The first-order chi connectivity index (χ1) is 8.90. The van der Waals surface area contributed by atoms with E-state index in [9.17, 15) is 8.42 Å². The molecule has 1 heterocycles. The molecule has 0 spiro atoms. The van der Waals surface area contributed by atoms with Gasteiger partial charge in [-0.05, 0) is 38.6 Å². The van der Waals surface area contributed by atoms with E-state index >= 15 is 0 Å². The van der Waals surface area contributed by atoms with Crippen LogP contribution in [0.2, 0.25) is 0 Å². The van der Waals surface area contributed by atoms with Crippen LogP contribution < -0.4 is 5.73 Å². The zero-order valence-corrected chi connectivity index (χ0v) is 13.1. The van der Waals surface area contributed by atoms with E-state index in [1.165, 1.54) is 25.7 Å². The van der Waals surface area contributed by atoms with Gasteiger partial charge in [-0.25, -0.2) is 8.42 Å². The molecule has 5 heteroatoms. The van der Waals surface area contributed by atoms with Gasteiger partial charge < -0.3 is 5.73 Å². The van der Waals surface area contributed by atoms with Gasteiger partial charge in [-0.3, -0.25) is 4.90 Å².